The van der Waals surface area contributed by atoms with E-state index in [0.29, 0.717) is 17.3 Å². The zero-order valence-corrected chi connectivity index (χ0v) is 12.7. The second-order valence-corrected chi connectivity index (χ2v) is 8.38. The lowest BCUT2D eigenvalue weighted by Gasteiger charge is -2.55. The van der Waals surface area contributed by atoms with Gasteiger partial charge in [-0.05, 0) is 73.3 Å². The van der Waals surface area contributed by atoms with Crippen LogP contribution in [0.25, 0.3) is 0 Å². The lowest BCUT2D eigenvalue weighted by molar-refractivity contribution is -0.120. The molecule has 0 aromatic heterocycles. The molecule has 1 aliphatic heterocycles. The lowest BCUT2D eigenvalue weighted by Crippen LogP contribution is -2.58. The molecular weight excluding hydrogens is 264 g/mol. The highest BCUT2D eigenvalue weighted by Gasteiger charge is 2.68. The number of ketones is 1. The van der Waals surface area contributed by atoms with E-state index in [-0.39, 0.29) is 18.0 Å². The van der Waals surface area contributed by atoms with Crippen LogP contribution in [0.4, 0.5) is 0 Å². The molecule has 0 aromatic carbocycles. The first-order valence-electron chi connectivity index (χ1n) is 8.67. The van der Waals surface area contributed by atoms with Crippen LogP contribution in [0.2, 0.25) is 0 Å². The molecule has 0 amide bonds. The molecule has 3 heteroatoms. The van der Waals surface area contributed by atoms with Crippen LogP contribution in [-0.2, 0) is 9.53 Å². The summed E-state index contributed by atoms with van der Waals surface area (Å²) in [5, 5.41) is 11.5. The Morgan fingerprint density at radius 2 is 2.10 bits per heavy atom. The van der Waals surface area contributed by atoms with Crippen molar-refractivity contribution in [1.29, 1.82) is 0 Å². The molecule has 0 aromatic rings. The summed E-state index contributed by atoms with van der Waals surface area (Å²) in [5.74, 6) is 1.81. The lowest BCUT2D eigenvalue weighted by atomic mass is 9.51. The fraction of sp³-hybridized carbons (Fsp3) is 0.833. The van der Waals surface area contributed by atoms with Crippen LogP contribution in [0.3, 0.4) is 0 Å². The van der Waals surface area contributed by atoms with Crippen molar-refractivity contribution >= 4 is 5.78 Å². The van der Waals surface area contributed by atoms with Gasteiger partial charge < -0.3 is 9.84 Å². The maximum Gasteiger partial charge on any atom is 0.187 e. The molecule has 0 bridgehead atoms. The van der Waals surface area contributed by atoms with E-state index in [9.17, 15) is 9.90 Å². The number of ether oxygens (including phenoxy) is 1. The average molecular weight is 288 g/mol. The van der Waals surface area contributed by atoms with Gasteiger partial charge in [-0.2, -0.15) is 0 Å². The Labute approximate surface area is 125 Å². The zero-order chi connectivity index (χ0) is 14.4. The van der Waals surface area contributed by atoms with E-state index >= 15 is 0 Å². The van der Waals surface area contributed by atoms with Gasteiger partial charge in [0.1, 0.15) is 17.8 Å². The summed E-state index contributed by atoms with van der Waals surface area (Å²) in [6.07, 6.45) is 9.58. The van der Waals surface area contributed by atoms with Gasteiger partial charge in [0, 0.05) is 0 Å². The number of aliphatic hydroxyl groups is 1. The fourth-order valence-electron chi connectivity index (χ4n) is 6.49. The van der Waals surface area contributed by atoms with E-state index in [0.717, 1.165) is 30.8 Å². The van der Waals surface area contributed by atoms with Gasteiger partial charge in [-0.3, -0.25) is 4.79 Å². The normalized spacial score (nSPS) is 57.7. The van der Waals surface area contributed by atoms with Gasteiger partial charge in [-0.25, -0.2) is 0 Å². The Balaban J connectivity index is 1.56. The molecule has 3 unspecified atom stereocenters. The summed E-state index contributed by atoms with van der Waals surface area (Å²) in [7, 11) is 0. The van der Waals surface area contributed by atoms with Crippen LogP contribution < -0.4 is 0 Å². The van der Waals surface area contributed by atoms with Crippen LogP contribution in [0.1, 0.15) is 51.9 Å². The second kappa shape index (κ2) is 3.80. The first kappa shape index (κ1) is 12.8. The van der Waals surface area contributed by atoms with Crippen molar-refractivity contribution < 1.29 is 14.6 Å². The highest BCUT2D eigenvalue weighted by Crippen LogP contribution is 2.64. The Morgan fingerprint density at radius 1 is 1.24 bits per heavy atom. The molecule has 0 spiro atoms. The zero-order valence-electron chi connectivity index (χ0n) is 12.7. The molecular formula is C18H24O3. The number of fused-ring (bicyclic) bond motifs is 7. The highest BCUT2D eigenvalue weighted by molar-refractivity contribution is 5.98. The number of hydrogen-bond acceptors (Lipinski definition) is 3. The number of carbonyl (C=O) groups is 1. The Morgan fingerprint density at radius 3 is 2.95 bits per heavy atom. The van der Waals surface area contributed by atoms with Gasteiger partial charge >= 0.3 is 0 Å². The molecule has 0 radical (unpaired) electrons. The van der Waals surface area contributed by atoms with Crippen molar-refractivity contribution in [3.05, 3.63) is 11.6 Å². The number of carbonyl (C=O) groups excluding carboxylic acids is 1. The summed E-state index contributed by atoms with van der Waals surface area (Å²) in [6.45, 7) is 2.47. The summed E-state index contributed by atoms with van der Waals surface area (Å²) in [6, 6.07) is 0. The van der Waals surface area contributed by atoms with E-state index in [1.165, 1.54) is 25.7 Å². The molecule has 1 heterocycles. The molecule has 5 aliphatic rings. The SMILES string of the molecule is C[C@@]12CCC[C@H]1[C@@H]1CCC3=CC(=O)C4OC4C3(O)[C@H]1CC2. The standard InChI is InChI=1S/C18H24O3/c1-17-7-2-3-12(17)11-5-4-10-9-14(19)15-16(21-15)18(10,20)13(11)6-8-17/h9,11-13,15-16,20H,2-8H2,1H3/t11-,12-,13-,15?,16?,17-,18?/m0/s1. The van der Waals surface area contributed by atoms with Crippen molar-refractivity contribution in [2.24, 2.45) is 23.2 Å². The molecule has 114 valence electrons. The maximum atomic E-state index is 11.9. The van der Waals surface area contributed by atoms with Gasteiger partial charge in [0.25, 0.3) is 0 Å². The molecule has 4 fully saturated rings. The molecule has 4 aliphatic carbocycles. The predicted molar refractivity (Wildman–Crippen MR) is 77.6 cm³/mol. The first-order chi connectivity index (χ1) is 10.0. The van der Waals surface area contributed by atoms with Crippen LogP contribution in [-0.4, -0.2) is 28.7 Å². The number of rotatable bonds is 0. The minimum atomic E-state index is -0.828. The summed E-state index contributed by atoms with van der Waals surface area (Å²) in [4.78, 5) is 11.9. The van der Waals surface area contributed by atoms with Gasteiger partial charge in [0.2, 0.25) is 0 Å². The first-order valence-corrected chi connectivity index (χ1v) is 8.67. The van der Waals surface area contributed by atoms with Crippen molar-refractivity contribution in [2.75, 3.05) is 0 Å². The maximum absolute atomic E-state index is 11.9. The van der Waals surface area contributed by atoms with Crippen molar-refractivity contribution in [3.63, 3.8) is 0 Å². The monoisotopic (exact) mass is 288 g/mol. The molecule has 3 saturated carbocycles. The molecule has 7 atom stereocenters. The number of epoxide rings is 1. The smallest absolute Gasteiger partial charge is 0.187 e. The molecule has 5 rings (SSSR count). The van der Waals surface area contributed by atoms with Crippen LogP contribution >= 0.6 is 0 Å². The molecule has 21 heavy (non-hydrogen) atoms. The average Bonchev–Trinajstić information content (AvgIpc) is 3.17. The van der Waals surface area contributed by atoms with E-state index in [2.05, 4.69) is 6.92 Å². The fourth-order valence-corrected chi connectivity index (χ4v) is 6.49. The minimum absolute atomic E-state index is 0.0830. The quantitative estimate of drug-likeness (QED) is 0.697. The van der Waals surface area contributed by atoms with Gasteiger partial charge in [0.15, 0.2) is 5.78 Å². The van der Waals surface area contributed by atoms with E-state index in [1.807, 2.05) is 0 Å². The second-order valence-electron chi connectivity index (χ2n) is 8.38. The summed E-state index contributed by atoms with van der Waals surface area (Å²) >= 11 is 0. The topological polar surface area (TPSA) is 49.8 Å². The minimum Gasteiger partial charge on any atom is -0.382 e. The van der Waals surface area contributed by atoms with Crippen LogP contribution in [0.15, 0.2) is 11.6 Å². The Bertz CT molecular complexity index is 553. The third-order valence-corrected chi connectivity index (χ3v) is 7.57. The van der Waals surface area contributed by atoms with Crippen LogP contribution in [0, 0.1) is 23.2 Å². The molecule has 3 nitrogen and oxygen atoms in total. The van der Waals surface area contributed by atoms with E-state index in [4.69, 9.17) is 4.74 Å². The van der Waals surface area contributed by atoms with Gasteiger partial charge in [-0.1, -0.05) is 13.3 Å². The third-order valence-electron chi connectivity index (χ3n) is 7.57. The highest BCUT2D eigenvalue weighted by atomic mass is 16.6. The summed E-state index contributed by atoms with van der Waals surface area (Å²) in [5.41, 5.74) is 0.660. The van der Waals surface area contributed by atoms with Crippen molar-refractivity contribution in [3.8, 4) is 0 Å². The van der Waals surface area contributed by atoms with Gasteiger partial charge in [-0.15, -0.1) is 0 Å². The van der Waals surface area contributed by atoms with E-state index in [1.54, 1.807) is 6.08 Å². The molecule has 1 saturated heterocycles. The largest absolute Gasteiger partial charge is 0.382 e. The van der Waals surface area contributed by atoms with Crippen molar-refractivity contribution in [2.45, 2.75) is 69.7 Å². The van der Waals surface area contributed by atoms with Gasteiger partial charge in [0.05, 0.1) is 0 Å². The number of hydrogen-bond donors (Lipinski definition) is 1. The Hall–Kier alpha value is -0.670. The third kappa shape index (κ3) is 1.45. The Kier molecular flexibility index (Phi) is 2.32. The van der Waals surface area contributed by atoms with E-state index < -0.39 is 5.60 Å². The molecule has 1 N–H and O–H groups in total. The van der Waals surface area contributed by atoms with Crippen LogP contribution in [0.5, 0.6) is 0 Å². The summed E-state index contributed by atoms with van der Waals surface area (Å²) < 4.78 is 5.60. The predicted octanol–water partition coefficient (Wildman–Crippen LogP) is 2.62. The van der Waals surface area contributed by atoms with Crippen molar-refractivity contribution in [1.82, 2.24) is 0 Å².